The van der Waals surface area contributed by atoms with Crippen LogP contribution in [-0.2, 0) is 19.1 Å². The number of ether oxygens (including phenoxy) is 2. The third-order valence-corrected chi connectivity index (χ3v) is 6.07. The van der Waals surface area contributed by atoms with Crippen LogP contribution in [-0.4, -0.2) is 35.6 Å². The molecule has 4 rings (SSSR count). The minimum atomic E-state index is -0.476. The predicted octanol–water partition coefficient (Wildman–Crippen LogP) is 3.04. The lowest BCUT2D eigenvalue weighted by Gasteiger charge is -2.40. The van der Waals surface area contributed by atoms with Gasteiger partial charge in [0.25, 0.3) is 0 Å². The van der Waals surface area contributed by atoms with Gasteiger partial charge < -0.3 is 9.47 Å². The number of halogens is 1. The van der Waals surface area contributed by atoms with E-state index in [0.717, 1.165) is 5.57 Å². The molecule has 0 spiro atoms. The number of rotatable bonds is 3. The van der Waals surface area contributed by atoms with Gasteiger partial charge in [-0.3, -0.25) is 9.59 Å². The molecule has 0 unspecified atom stereocenters. The number of hydrogen-bond donors (Lipinski definition) is 0. The van der Waals surface area contributed by atoms with Crippen LogP contribution in [0.4, 0.5) is 5.69 Å². The maximum Gasteiger partial charge on any atom is 0.240 e. The highest BCUT2D eigenvalue weighted by atomic mass is 79.9. The van der Waals surface area contributed by atoms with Crippen molar-refractivity contribution in [3.05, 3.63) is 42.0 Å². The second-order valence-corrected chi connectivity index (χ2v) is 7.67. The van der Waals surface area contributed by atoms with Crippen LogP contribution in [0.3, 0.4) is 0 Å². The van der Waals surface area contributed by atoms with Gasteiger partial charge in [-0.2, -0.15) is 0 Å². The standard InChI is InChI=1S/C19H20BrNO4/c1-2-24-15-9-8-12-14(20)10-13-16(17(12)25-15)19(23)21(18(13)22)11-6-4-3-5-7-11/h3-8,13-17H,2,9-10H2,1H3/t13-,14+,15+,16-,17+/m1/s1. The van der Waals surface area contributed by atoms with Crippen molar-refractivity contribution in [2.45, 2.75) is 37.0 Å². The molecule has 1 aromatic carbocycles. The zero-order valence-electron chi connectivity index (χ0n) is 13.9. The quantitative estimate of drug-likeness (QED) is 0.440. The average Bonchev–Trinajstić information content (AvgIpc) is 2.87. The van der Waals surface area contributed by atoms with E-state index in [2.05, 4.69) is 22.0 Å². The fourth-order valence-electron chi connectivity index (χ4n) is 4.07. The molecule has 5 atom stereocenters. The van der Waals surface area contributed by atoms with Crippen molar-refractivity contribution in [2.75, 3.05) is 11.5 Å². The molecule has 2 amide bonds. The molecule has 3 aliphatic rings. The van der Waals surface area contributed by atoms with E-state index in [0.29, 0.717) is 25.1 Å². The fraction of sp³-hybridized carbons (Fsp3) is 0.474. The van der Waals surface area contributed by atoms with E-state index in [1.54, 1.807) is 12.1 Å². The highest BCUT2D eigenvalue weighted by molar-refractivity contribution is 9.09. The number of nitrogens with zero attached hydrogens (tertiary/aromatic N) is 1. The van der Waals surface area contributed by atoms with Gasteiger partial charge in [-0.15, -0.1) is 0 Å². The summed E-state index contributed by atoms with van der Waals surface area (Å²) in [5.41, 5.74) is 1.69. The van der Waals surface area contributed by atoms with Crippen molar-refractivity contribution >= 4 is 33.4 Å². The number of benzene rings is 1. The van der Waals surface area contributed by atoms with Gasteiger partial charge in [0.2, 0.25) is 11.8 Å². The third-order valence-electron chi connectivity index (χ3n) is 5.17. The number of imide groups is 1. The molecular weight excluding hydrogens is 386 g/mol. The highest BCUT2D eigenvalue weighted by Crippen LogP contribution is 2.47. The molecular formula is C19H20BrNO4. The van der Waals surface area contributed by atoms with Gasteiger partial charge >= 0.3 is 0 Å². The van der Waals surface area contributed by atoms with E-state index in [1.165, 1.54) is 4.90 Å². The molecule has 2 aliphatic heterocycles. The van der Waals surface area contributed by atoms with Crippen LogP contribution >= 0.6 is 15.9 Å². The molecule has 25 heavy (non-hydrogen) atoms. The molecule has 0 radical (unpaired) electrons. The highest BCUT2D eigenvalue weighted by Gasteiger charge is 2.57. The zero-order chi connectivity index (χ0) is 17.6. The van der Waals surface area contributed by atoms with Crippen LogP contribution in [0.1, 0.15) is 19.8 Å². The van der Waals surface area contributed by atoms with Crippen molar-refractivity contribution in [3.8, 4) is 0 Å². The number of para-hydroxylation sites is 1. The SMILES string of the molecule is CCO[C@@H]1CC=C2[C@@H](Br)C[C@H]3C(=O)N(c4ccccc4)C(=O)[C@H]3[C@H]2O1. The molecule has 5 nitrogen and oxygen atoms in total. The molecule has 2 heterocycles. The fourth-order valence-corrected chi connectivity index (χ4v) is 4.92. The molecule has 6 heteroatoms. The predicted molar refractivity (Wildman–Crippen MR) is 96.2 cm³/mol. The Morgan fingerprint density at radius 2 is 2.00 bits per heavy atom. The van der Waals surface area contributed by atoms with Crippen molar-refractivity contribution in [1.29, 1.82) is 0 Å². The number of amides is 2. The van der Waals surface area contributed by atoms with E-state index >= 15 is 0 Å². The Balaban J connectivity index is 1.68. The summed E-state index contributed by atoms with van der Waals surface area (Å²) >= 11 is 3.68. The lowest BCUT2D eigenvalue weighted by molar-refractivity contribution is -0.182. The van der Waals surface area contributed by atoms with Gasteiger partial charge in [-0.05, 0) is 31.1 Å². The van der Waals surface area contributed by atoms with E-state index in [4.69, 9.17) is 9.47 Å². The monoisotopic (exact) mass is 405 g/mol. The Morgan fingerprint density at radius 1 is 1.24 bits per heavy atom. The van der Waals surface area contributed by atoms with Crippen LogP contribution in [0.25, 0.3) is 0 Å². The topological polar surface area (TPSA) is 55.8 Å². The van der Waals surface area contributed by atoms with Gasteiger partial charge in [-0.25, -0.2) is 4.90 Å². The molecule has 1 saturated carbocycles. The lowest BCUT2D eigenvalue weighted by atomic mass is 9.75. The van der Waals surface area contributed by atoms with Crippen LogP contribution in [0, 0.1) is 11.8 Å². The summed E-state index contributed by atoms with van der Waals surface area (Å²) in [7, 11) is 0. The summed E-state index contributed by atoms with van der Waals surface area (Å²) in [5, 5.41) is 0. The first-order valence-electron chi connectivity index (χ1n) is 8.65. The largest absolute Gasteiger partial charge is 0.353 e. The van der Waals surface area contributed by atoms with Crippen LogP contribution in [0.15, 0.2) is 42.0 Å². The maximum atomic E-state index is 13.1. The Hall–Kier alpha value is -1.50. The van der Waals surface area contributed by atoms with Crippen molar-refractivity contribution < 1.29 is 19.1 Å². The number of alkyl halides is 1. The molecule has 0 bridgehead atoms. The Labute approximate surface area is 155 Å². The van der Waals surface area contributed by atoms with E-state index in [9.17, 15) is 9.59 Å². The average molecular weight is 406 g/mol. The van der Waals surface area contributed by atoms with Gasteiger partial charge in [-0.1, -0.05) is 40.2 Å². The molecule has 132 valence electrons. The molecule has 0 N–H and O–H groups in total. The number of carbonyl (C=O) groups is 2. The Kier molecular flexibility index (Phi) is 4.52. The van der Waals surface area contributed by atoms with E-state index < -0.39 is 12.0 Å². The lowest BCUT2D eigenvalue weighted by Crippen LogP contribution is -2.46. The Bertz CT molecular complexity index is 719. The second-order valence-electron chi connectivity index (χ2n) is 6.56. The third kappa shape index (κ3) is 2.76. The van der Waals surface area contributed by atoms with Crippen LogP contribution in [0.2, 0.25) is 0 Å². The summed E-state index contributed by atoms with van der Waals surface area (Å²) in [5.74, 6) is -1.14. The minimum absolute atomic E-state index is 0.0498. The number of hydrogen-bond acceptors (Lipinski definition) is 4. The summed E-state index contributed by atoms with van der Waals surface area (Å²) in [6.07, 6.45) is 2.63. The number of fused-ring (bicyclic) bond motifs is 3. The van der Waals surface area contributed by atoms with Gasteiger partial charge in [0.15, 0.2) is 6.29 Å². The smallest absolute Gasteiger partial charge is 0.240 e. The normalized spacial score (nSPS) is 34.6. The van der Waals surface area contributed by atoms with Gasteiger partial charge in [0.1, 0.15) is 0 Å². The summed E-state index contributed by atoms with van der Waals surface area (Å²) in [6.45, 7) is 2.47. The molecule has 1 saturated heterocycles. The number of anilines is 1. The van der Waals surface area contributed by atoms with E-state index in [-0.39, 0.29) is 28.8 Å². The van der Waals surface area contributed by atoms with Crippen molar-refractivity contribution in [2.24, 2.45) is 11.8 Å². The van der Waals surface area contributed by atoms with Crippen LogP contribution < -0.4 is 4.90 Å². The first kappa shape index (κ1) is 16.9. The van der Waals surface area contributed by atoms with Crippen molar-refractivity contribution in [3.63, 3.8) is 0 Å². The summed E-state index contributed by atoms with van der Waals surface area (Å²) in [6, 6.07) is 9.12. The maximum absolute atomic E-state index is 13.1. The first-order valence-corrected chi connectivity index (χ1v) is 9.57. The second kappa shape index (κ2) is 6.67. The van der Waals surface area contributed by atoms with Gasteiger partial charge in [0, 0.05) is 17.9 Å². The molecule has 1 aromatic rings. The minimum Gasteiger partial charge on any atom is -0.353 e. The molecule has 1 aliphatic carbocycles. The van der Waals surface area contributed by atoms with E-state index in [1.807, 2.05) is 25.1 Å². The molecule has 0 aromatic heterocycles. The van der Waals surface area contributed by atoms with Crippen LogP contribution in [0.5, 0.6) is 0 Å². The zero-order valence-corrected chi connectivity index (χ0v) is 15.5. The summed E-state index contributed by atoms with van der Waals surface area (Å²) < 4.78 is 11.7. The number of carbonyl (C=O) groups excluding carboxylic acids is 2. The van der Waals surface area contributed by atoms with Crippen molar-refractivity contribution in [1.82, 2.24) is 0 Å². The van der Waals surface area contributed by atoms with Gasteiger partial charge in [0.05, 0.1) is 23.6 Å². The molecule has 2 fully saturated rings. The Morgan fingerprint density at radius 3 is 2.72 bits per heavy atom. The summed E-state index contributed by atoms with van der Waals surface area (Å²) in [4.78, 5) is 27.4. The first-order chi connectivity index (χ1) is 12.1.